The van der Waals surface area contributed by atoms with Gasteiger partial charge in [0.2, 0.25) is 0 Å². The minimum Gasteiger partial charge on any atom is -0.451 e. The highest BCUT2D eigenvalue weighted by Gasteiger charge is 2.31. The van der Waals surface area contributed by atoms with Crippen LogP contribution in [0.3, 0.4) is 0 Å². The van der Waals surface area contributed by atoms with Crippen molar-refractivity contribution in [3.05, 3.63) is 58.9 Å². The summed E-state index contributed by atoms with van der Waals surface area (Å²) >= 11 is 6.18. The lowest BCUT2D eigenvalue weighted by Crippen LogP contribution is -2.19. The van der Waals surface area contributed by atoms with Crippen LogP contribution in [0.15, 0.2) is 46.9 Å². The van der Waals surface area contributed by atoms with Crippen molar-refractivity contribution in [2.45, 2.75) is 19.4 Å². The molecular weight excluding hydrogens is 402 g/mol. The molecule has 7 nitrogen and oxygen atoms in total. The molecule has 0 aliphatic carbocycles. The van der Waals surface area contributed by atoms with Gasteiger partial charge in [-0.25, -0.2) is 13.1 Å². The number of aryl methyl sites for hydroxylation is 1. The van der Waals surface area contributed by atoms with Crippen LogP contribution in [-0.4, -0.2) is 35.6 Å². The van der Waals surface area contributed by atoms with E-state index >= 15 is 0 Å². The summed E-state index contributed by atoms with van der Waals surface area (Å²) < 4.78 is 30.8. The van der Waals surface area contributed by atoms with E-state index in [9.17, 15) is 13.2 Å². The van der Waals surface area contributed by atoms with Crippen molar-refractivity contribution in [1.82, 2.24) is 9.78 Å². The molecule has 28 heavy (non-hydrogen) atoms. The third-order valence-corrected chi connectivity index (χ3v) is 6.70. The number of carbonyl (C=O) groups is 1. The van der Waals surface area contributed by atoms with Crippen LogP contribution >= 0.6 is 11.6 Å². The Morgan fingerprint density at radius 3 is 2.79 bits per heavy atom. The van der Waals surface area contributed by atoms with Crippen LogP contribution in [-0.2, 0) is 9.84 Å². The monoisotopic (exact) mass is 419 g/mol. The van der Waals surface area contributed by atoms with E-state index in [-0.39, 0.29) is 23.3 Å². The summed E-state index contributed by atoms with van der Waals surface area (Å²) in [4.78, 5) is 12.7. The Morgan fingerprint density at radius 1 is 1.29 bits per heavy atom. The summed E-state index contributed by atoms with van der Waals surface area (Å²) in [5.41, 5.74) is 1.39. The highest BCUT2D eigenvalue weighted by Crippen LogP contribution is 2.30. The van der Waals surface area contributed by atoms with Gasteiger partial charge in [-0.3, -0.25) is 4.79 Å². The second-order valence-corrected chi connectivity index (χ2v) is 9.41. The molecule has 146 valence electrons. The molecule has 1 N–H and O–H groups in total. The van der Waals surface area contributed by atoms with Gasteiger partial charge in [0, 0.05) is 11.6 Å². The first-order chi connectivity index (χ1) is 13.3. The predicted octanol–water partition coefficient (Wildman–Crippen LogP) is 3.72. The lowest BCUT2D eigenvalue weighted by atomic mass is 10.2. The molecule has 0 radical (unpaired) electrons. The van der Waals surface area contributed by atoms with Crippen LogP contribution in [0.25, 0.3) is 11.3 Å². The Balaban J connectivity index is 1.56. The Bertz CT molecular complexity index is 1150. The number of sulfone groups is 1. The van der Waals surface area contributed by atoms with Crippen molar-refractivity contribution in [2.24, 2.45) is 0 Å². The molecule has 1 aliphatic heterocycles. The smallest absolute Gasteiger partial charge is 0.292 e. The maximum atomic E-state index is 12.7. The molecule has 0 bridgehead atoms. The lowest BCUT2D eigenvalue weighted by molar-refractivity contribution is 0.0996. The van der Waals surface area contributed by atoms with Crippen LogP contribution < -0.4 is 5.32 Å². The van der Waals surface area contributed by atoms with Crippen molar-refractivity contribution >= 4 is 33.2 Å². The third-order valence-electron chi connectivity index (χ3n) is 4.62. The van der Waals surface area contributed by atoms with Crippen LogP contribution in [0.4, 0.5) is 5.82 Å². The second kappa shape index (κ2) is 7.10. The van der Waals surface area contributed by atoms with E-state index in [1.807, 2.05) is 18.2 Å². The van der Waals surface area contributed by atoms with E-state index in [2.05, 4.69) is 10.4 Å². The molecule has 0 spiro atoms. The predicted molar refractivity (Wildman–Crippen MR) is 106 cm³/mol. The molecule has 3 heterocycles. The molecule has 1 saturated heterocycles. The summed E-state index contributed by atoms with van der Waals surface area (Å²) in [6.07, 6.45) is 0.476. The number of nitrogens with one attached hydrogen (secondary N) is 1. The minimum absolute atomic E-state index is 0.0222. The number of halogens is 1. The molecule has 1 fully saturated rings. The first kappa shape index (κ1) is 18.8. The summed E-state index contributed by atoms with van der Waals surface area (Å²) in [6.45, 7) is 1.79. The molecule has 3 aromatic rings. The fourth-order valence-corrected chi connectivity index (χ4v) is 5.22. The first-order valence-electron chi connectivity index (χ1n) is 8.75. The van der Waals surface area contributed by atoms with E-state index in [0.717, 1.165) is 0 Å². The molecule has 2 aromatic heterocycles. The Labute approximate surface area is 167 Å². The maximum Gasteiger partial charge on any atom is 0.292 e. The summed E-state index contributed by atoms with van der Waals surface area (Å²) in [5.74, 6) is 0.764. The number of hydrogen-bond acceptors (Lipinski definition) is 5. The number of aromatic nitrogens is 2. The van der Waals surface area contributed by atoms with E-state index in [1.54, 1.807) is 35.9 Å². The SMILES string of the molecule is Cc1cc(NC(=O)c2ccc(-c3ccccc3Cl)o2)n(C2CCS(=O)(=O)C2)n1. The zero-order valence-corrected chi connectivity index (χ0v) is 16.6. The largest absolute Gasteiger partial charge is 0.451 e. The first-order valence-corrected chi connectivity index (χ1v) is 10.9. The molecule has 1 atom stereocenters. The number of anilines is 1. The highest BCUT2D eigenvalue weighted by atomic mass is 35.5. The van der Waals surface area contributed by atoms with Gasteiger partial charge < -0.3 is 9.73 Å². The summed E-state index contributed by atoms with van der Waals surface area (Å²) in [7, 11) is -3.07. The highest BCUT2D eigenvalue weighted by molar-refractivity contribution is 7.91. The number of benzene rings is 1. The van der Waals surface area contributed by atoms with Crippen molar-refractivity contribution in [1.29, 1.82) is 0 Å². The van der Waals surface area contributed by atoms with E-state index in [0.29, 0.717) is 34.3 Å². The maximum absolute atomic E-state index is 12.7. The van der Waals surface area contributed by atoms with E-state index in [1.165, 1.54) is 0 Å². The zero-order chi connectivity index (χ0) is 19.9. The van der Waals surface area contributed by atoms with Gasteiger partial charge >= 0.3 is 0 Å². The number of nitrogens with zero attached hydrogens (tertiary/aromatic N) is 2. The van der Waals surface area contributed by atoms with E-state index in [4.69, 9.17) is 16.0 Å². The average molecular weight is 420 g/mol. The fourth-order valence-electron chi connectivity index (χ4n) is 3.30. The number of furan rings is 1. The Morgan fingerprint density at radius 2 is 2.07 bits per heavy atom. The van der Waals surface area contributed by atoms with E-state index < -0.39 is 15.7 Å². The quantitative estimate of drug-likeness (QED) is 0.695. The van der Waals surface area contributed by atoms with Crippen LogP contribution in [0, 0.1) is 6.92 Å². The Hall–Kier alpha value is -2.58. The van der Waals surface area contributed by atoms with Gasteiger partial charge in [-0.1, -0.05) is 23.7 Å². The zero-order valence-electron chi connectivity index (χ0n) is 15.1. The number of carbonyl (C=O) groups excluding carboxylic acids is 1. The minimum atomic E-state index is -3.07. The standard InChI is InChI=1S/C19H18ClN3O4S/c1-12-10-18(23(22-12)13-8-9-28(25,26)11-13)21-19(24)17-7-6-16(27-17)14-4-2-3-5-15(14)20/h2-7,10,13H,8-9,11H2,1H3,(H,21,24). The molecule has 1 amide bonds. The topological polar surface area (TPSA) is 94.2 Å². The lowest BCUT2D eigenvalue weighted by Gasteiger charge is -2.13. The van der Waals surface area contributed by atoms with Crippen LogP contribution in [0.1, 0.15) is 28.7 Å². The third kappa shape index (κ3) is 3.70. The van der Waals surface area contributed by atoms with Crippen LogP contribution in [0.5, 0.6) is 0 Å². The summed E-state index contributed by atoms with van der Waals surface area (Å²) in [6, 6.07) is 11.9. The molecular formula is C19H18ClN3O4S. The molecule has 0 saturated carbocycles. The van der Waals surface area contributed by atoms with Gasteiger partial charge in [0.25, 0.3) is 5.91 Å². The molecule has 1 unspecified atom stereocenters. The van der Waals surface area contributed by atoms with Gasteiger partial charge in [0.15, 0.2) is 15.6 Å². The van der Waals surface area contributed by atoms with Gasteiger partial charge in [-0.2, -0.15) is 5.10 Å². The van der Waals surface area contributed by atoms with Gasteiger partial charge in [-0.05, 0) is 37.6 Å². The van der Waals surface area contributed by atoms with Crippen molar-refractivity contribution < 1.29 is 17.6 Å². The normalized spacial score (nSPS) is 18.3. The van der Waals surface area contributed by atoms with Crippen molar-refractivity contribution in [3.63, 3.8) is 0 Å². The fraction of sp³-hybridized carbons (Fsp3) is 0.263. The van der Waals surface area contributed by atoms with Crippen LogP contribution in [0.2, 0.25) is 5.02 Å². The number of hydrogen-bond donors (Lipinski definition) is 1. The van der Waals surface area contributed by atoms with Gasteiger partial charge in [-0.15, -0.1) is 0 Å². The van der Waals surface area contributed by atoms with Crippen molar-refractivity contribution in [3.8, 4) is 11.3 Å². The second-order valence-electron chi connectivity index (χ2n) is 6.77. The number of amides is 1. The summed E-state index contributed by atoms with van der Waals surface area (Å²) in [5, 5.41) is 7.66. The van der Waals surface area contributed by atoms with Gasteiger partial charge in [0.05, 0.1) is 28.3 Å². The molecule has 1 aromatic carbocycles. The van der Waals surface area contributed by atoms with Crippen molar-refractivity contribution in [2.75, 3.05) is 16.8 Å². The van der Waals surface area contributed by atoms with Gasteiger partial charge in [0.1, 0.15) is 11.6 Å². The number of rotatable bonds is 4. The molecule has 1 aliphatic rings. The molecule has 4 rings (SSSR count). The molecule has 9 heteroatoms. The average Bonchev–Trinajstić information content (AvgIpc) is 3.34. The Kier molecular flexibility index (Phi) is 4.76.